The van der Waals surface area contributed by atoms with Gasteiger partial charge < -0.3 is 20.0 Å². The second-order valence-corrected chi connectivity index (χ2v) is 5.60. The molecule has 2 aliphatic rings. The lowest BCUT2D eigenvalue weighted by atomic mass is 9.82. The smallest absolute Gasteiger partial charge is 0.227 e. The third-order valence-electron chi connectivity index (χ3n) is 3.85. The first-order valence-electron chi connectivity index (χ1n) is 6.63. The van der Waals surface area contributed by atoms with Crippen molar-refractivity contribution in [2.24, 2.45) is 11.8 Å². The zero-order valence-corrected chi connectivity index (χ0v) is 11.7. The van der Waals surface area contributed by atoms with Crippen molar-refractivity contribution in [1.29, 1.82) is 0 Å². The van der Waals surface area contributed by atoms with E-state index in [4.69, 9.17) is 16.3 Å². The number of aliphatic carboxylic acids is 1. The summed E-state index contributed by atoms with van der Waals surface area (Å²) in [6.45, 7) is 0.313. The van der Waals surface area contributed by atoms with Crippen molar-refractivity contribution in [3.05, 3.63) is 47.0 Å². The van der Waals surface area contributed by atoms with Crippen molar-refractivity contribution in [1.82, 2.24) is 5.32 Å². The van der Waals surface area contributed by atoms with Gasteiger partial charge in [0.1, 0.15) is 0 Å². The monoisotopic (exact) mass is 306 g/mol. The molecule has 1 aromatic carbocycles. The van der Waals surface area contributed by atoms with E-state index in [1.54, 1.807) is 36.4 Å². The number of fused-ring (bicyclic) bond motifs is 2. The maximum Gasteiger partial charge on any atom is 0.227 e. The van der Waals surface area contributed by atoms with Crippen LogP contribution in [-0.4, -0.2) is 24.1 Å². The molecule has 1 aromatic rings. The molecule has 1 N–H and O–H groups in total. The summed E-state index contributed by atoms with van der Waals surface area (Å²) in [5.74, 6) is -3.25. The first-order chi connectivity index (χ1) is 10.1. The molecule has 0 aliphatic carbocycles. The molecule has 5 nitrogen and oxygen atoms in total. The molecule has 21 heavy (non-hydrogen) atoms. The van der Waals surface area contributed by atoms with Crippen LogP contribution in [-0.2, 0) is 20.9 Å². The Hall–Kier alpha value is -1.85. The van der Waals surface area contributed by atoms with Crippen LogP contribution in [0.15, 0.2) is 36.4 Å². The highest BCUT2D eigenvalue weighted by Crippen LogP contribution is 2.38. The lowest BCUT2D eigenvalue weighted by Gasteiger charge is -2.24. The lowest BCUT2D eigenvalue weighted by Crippen LogP contribution is -2.46. The van der Waals surface area contributed by atoms with Crippen LogP contribution < -0.4 is 10.4 Å². The number of carbonyl (C=O) groups excluding carboxylic acids is 2. The van der Waals surface area contributed by atoms with Crippen LogP contribution in [0.5, 0.6) is 0 Å². The van der Waals surface area contributed by atoms with Crippen LogP contribution in [0, 0.1) is 11.8 Å². The molecule has 0 radical (unpaired) electrons. The number of hydrogen-bond donors (Lipinski definition) is 1. The van der Waals surface area contributed by atoms with Gasteiger partial charge in [-0.15, -0.1) is 0 Å². The quantitative estimate of drug-likeness (QED) is 0.810. The number of hydrogen-bond acceptors (Lipinski definition) is 4. The van der Waals surface area contributed by atoms with Crippen LogP contribution in [0.25, 0.3) is 0 Å². The van der Waals surface area contributed by atoms with Crippen molar-refractivity contribution in [2.45, 2.75) is 18.8 Å². The molecular weight excluding hydrogens is 294 g/mol. The molecule has 0 aromatic heterocycles. The van der Waals surface area contributed by atoms with E-state index in [2.05, 4.69) is 5.32 Å². The van der Waals surface area contributed by atoms with Gasteiger partial charge in [-0.3, -0.25) is 4.79 Å². The Morgan fingerprint density at radius 2 is 1.76 bits per heavy atom. The van der Waals surface area contributed by atoms with Crippen molar-refractivity contribution in [3.8, 4) is 0 Å². The number of nitrogens with one attached hydrogen (secondary N) is 1. The zero-order chi connectivity index (χ0) is 15.0. The first-order valence-corrected chi connectivity index (χ1v) is 7.01. The van der Waals surface area contributed by atoms with E-state index < -0.39 is 30.0 Å². The van der Waals surface area contributed by atoms with Gasteiger partial charge in [0.15, 0.2) is 0 Å². The van der Waals surface area contributed by atoms with Crippen molar-refractivity contribution in [2.75, 3.05) is 0 Å². The van der Waals surface area contributed by atoms with Gasteiger partial charge >= 0.3 is 0 Å². The molecule has 2 bridgehead atoms. The van der Waals surface area contributed by atoms with Crippen LogP contribution in [0.4, 0.5) is 0 Å². The van der Waals surface area contributed by atoms with Gasteiger partial charge in [-0.25, -0.2) is 0 Å². The van der Waals surface area contributed by atoms with Crippen LogP contribution >= 0.6 is 11.6 Å². The molecule has 3 rings (SSSR count). The minimum absolute atomic E-state index is 0.313. The molecule has 0 spiro atoms. The number of carbonyl (C=O) groups is 2. The SMILES string of the molecule is O=C([O-])[C@@H]1[C@H](C(=O)NCc2ccc(Cl)cc2)[C@H]2C=C[C@@H]1O2. The summed E-state index contributed by atoms with van der Waals surface area (Å²) in [7, 11) is 0. The Bertz CT molecular complexity index is 598. The lowest BCUT2D eigenvalue weighted by molar-refractivity contribution is -0.313. The fourth-order valence-corrected chi connectivity index (χ4v) is 2.94. The Balaban J connectivity index is 1.66. The normalized spacial score (nSPS) is 29.6. The average molecular weight is 307 g/mol. The number of carboxylic acid groups (broad SMARTS) is 1. The van der Waals surface area contributed by atoms with Gasteiger partial charge in [0.05, 0.1) is 18.1 Å². The topological polar surface area (TPSA) is 78.5 Å². The molecule has 2 aliphatic heterocycles. The molecule has 1 amide bonds. The van der Waals surface area contributed by atoms with E-state index in [0.717, 1.165) is 5.56 Å². The van der Waals surface area contributed by atoms with E-state index in [0.29, 0.717) is 11.6 Å². The number of ether oxygens (including phenoxy) is 1. The number of rotatable bonds is 4. The standard InChI is InChI=1S/C15H14ClNO4/c16-9-3-1-8(2-4-9)7-17-14(18)12-10-5-6-11(21-10)13(12)15(19)20/h1-6,10-13H,7H2,(H,17,18)(H,19,20)/p-1/t10-,11+,12-,13+/m1/s1. The van der Waals surface area contributed by atoms with Crippen LogP contribution in [0.1, 0.15) is 5.56 Å². The molecule has 1 fully saturated rings. The molecule has 110 valence electrons. The third-order valence-corrected chi connectivity index (χ3v) is 4.11. The van der Waals surface area contributed by atoms with Gasteiger partial charge in [-0.05, 0) is 17.7 Å². The predicted octanol–water partition coefficient (Wildman–Crippen LogP) is 0.276. The summed E-state index contributed by atoms with van der Waals surface area (Å²) >= 11 is 5.79. The molecule has 1 saturated heterocycles. The predicted molar refractivity (Wildman–Crippen MR) is 73.1 cm³/mol. The van der Waals surface area contributed by atoms with Crippen molar-refractivity contribution >= 4 is 23.5 Å². The Labute approximate surface area is 126 Å². The summed E-state index contributed by atoms with van der Waals surface area (Å²) in [6.07, 6.45) is 2.36. The van der Waals surface area contributed by atoms with Crippen LogP contribution in [0.2, 0.25) is 5.02 Å². The molecule has 0 saturated carbocycles. The number of benzene rings is 1. The number of amides is 1. The highest BCUT2D eigenvalue weighted by Gasteiger charge is 2.50. The molecule has 4 atom stereocenters. The summed E-state index contributed by atoms with van der Waals surface area (Å²) in [4.78, 5) is 23.4. The van der Waals surface area contributed by atoms with Gasteiger partial charge in [-0.1, -0.05) is 35.9 Å². The van der Waals surface area contributed by atoms with Crippen molar-refractivity contribution < 1.29 is 19.4 Å². The van der Waals surface area contributed by atoms with Gasteiger partial charge in [0.25, 0.3) is 0 Å². The second kappa shape index (κ2) is 5.50. The van der Waals surface area contributed by atoms with Gasteiger partial charge in [-0.2, -0.15) is 0 Å². The Morgan fingerprint density at radius 1 is 1.14 bits per heavy atom. The zero-order valence-electron chi connectivity index (χ0n) is 11.0. The van der Waals surface area contributed by atoms with E-state index in [-0.39, 0.29) is 5.91 Å². The maximum atomic E-state index is 12.2. The summed E-state index contributed by atoms with van der Waals surface area (Å²) in [5, 5.41) is 14.6. The second-order valence-electron chi connectivity index (χ2n) is 5.17. The minimum atomic E-state index is -1.25. The Morgan fingerprint density at radius 3 is 2.38 bits per heavy atom. The molecule has 0 unspecified atom stereocenters. The maximum absolute atomic E-state index is 12.2. The minimum Gasteiger partial charge on any atom is -0.550 e. The van der Waals surface area contributed by atoms with Gasteiger partial charge in [0, 0.05) is 23.5 Å². The number of halogens is 1. The number of carboxylic acids is 1. The highest BCUT2D eigenvalue weighted by molar-refractivity contribution is 6.30. The molecular formula is C15H13ClNO4-. The third kappa shape index (κ3) is 2.66. The fourth-order valence-electron chi connectivity index (χ4n) is 2.81. The average Bonchev–Trinajstić information content (AvgIpc) is 3.06. The van der Waals surface area contributed by atoms with Crippen molar-refractivity contribution in [3.63, 3.8) is 0 Å². The Kier molecular flexibility index (Phi) is 3.69. The summed E-state index contributed by atoms with van der Waals surface area (Å²) in [6, 6.07) is 7.07. The van der Waals surface area contributed by atoms with E-state index >= 15 is 0 Å². The van der Waals surface area contributed by atoms with E-state index in [9.17, 15) is 14.7 Å². The fraction of sp³-hybridized carbons (Fsp3) is 0.333. The largest absolute Gasteiger partial charge is 0.550 e. The van der Waals surface area contributed by atoms with E-state index in [1.165, 1.54) is 0 Å². The molecule has 6 heteroatoms. The summed E-state index contributed by atoms with van der Waals surface area (Å²) < 4.78 is 5.44. The van der Waals surface area contributed by atoms with Gasteiger partial charge in [0.2, 0.25) is 5.91 Å². The summed E-state index contributed by atoms with van der Waals surface area (Å²) in [5.41, 5.74) is 0.886. The first kappa shape index (κ1) is 14.1. The van der Waals surface area contributed by atoms with E-state index in [1.807, 2.05) is 0 Å². The van der Waals surface area contributed by atoms with Crippen LogP contribution in [0.3, 0.4) is 0 Å². The highest BCUT2D eigenvalue weighted by atomic mass is 35.5. The molecule has 2 heterocycles.